The average Bonchev–Trinajstić information content (AvgIpc) is 3.04. The fourth-order valence-electron chi connectivity index (χ4n) is 4.49. The molecule has 0 unspecified atom stereocenters. The van der Waals surface area contributed by atoms with Gasteiger partial charge < -0.3 is 9.88 Å². The van der Waals surface area contributed by atoms with E-state index in [4.69, 9.17) is 0 Å². The van der Waals surface area contributed by atoms with Crippen molar-refractivity contribution in [3.63, 3.8) is 0 Å². The van der Waals surface area contributed by atoms with Crippen molar-refractivity contribution in [2.45, 2.75) is 58.0 Å². The first-order chi connectivity index (χ1) is 14.1. The summed E-state index contributed by atoms with van der Waals surface area (Å²) >= 11 is 0. The third-order valence-corrected chi connectivity index (χ3v) is 6.20. The molecule has 1 saturated carbocycles. The summed E-state index contributed by atoms with van der Waals surface area (Å²) in [6.07, 6.45) is 6.15. The van der Waals surface area contributed by atoms with Crippen molar-refractivity contribution in [3.8, 4) is 0 Å². The summed E-state index contributed by atoms with van der Waals surface area (Å²) in [5.41, 5.74) is 5.30. The van der Waals surface area contributed by atoms with Gasteiger partial charge in [-0.2, -0.15) is 0 Å². The maximum atomic E-state index is 13.0. The van der Waals surface area contributed by atoms with Crippen molar-refractivity contribution in [2.24, 2.45) is 0 Å². The molecule has 4 nitrogen and oxygen atoms in total. The lowest BCUT2D eigenvalue weighted by Crippen LogP contribution is -2.37. The molecule has 29 heavy (non-hydrogen) atoms. The van der Waals surface area contributed by atoms with E-state index in [9.17, 15) is 4.79 Å². The molecule has 2 aromatic heterocycles. The smallest absolute Gasteiger partial charge is 0.253 e. The lowest BCUT2D eigenvalue weighted by Gasteiger charge is -2.29. The van der Waals surface area contributed by atoms with E-state index in [1.54, 1.807) is 0 Å². The topological polar surface area (TPSA) is 46.9 Å². The minimum Gasteiger partial charge on any atom is -0.349 e. The van der Waals surface area contributed by atoms with Crippen LogP contribution in [-0.4, -0.2) is 21.5 Å². The lowest BCUT2D eigenvalue weighted by atomic mass is 9.82. The molecule has 1 aliphatic carbocycles. The Labute approximate surface area is 173 Å². The molecule has 0 spiro atoms. The van der Waals surface area contributed by atoms with Crippen molar-refractivity contribution < 1.29 is 4.79 Å². The van der Waals surface area contributed by atoms with Crippen LogP contribution in [0.4, 0.5) is 0 Å². The van der Waals surface area contributed by atoms with Crippen molar-refractivity contribution in [1.29, 1.82) is 0 Å². The van der Waals surface area contributed by atoms with Crippen LogP contribution in [0.5, 0.6) is 0 Å². The van der Waals surface area contributed by atoms with Gasteiger partial charge in [0, 0.05) is 23.6 Å². The molecule has 1 N–H and O–H groups in total. The Kier molecular flexibility index (Phi) is 5.79. The van der Waals surface area contributed by atoms with Crippen LogP contribution in [0.3, 0.4) is 0 Å². The summed E-state index contributed by atoms with van der Waals surface area (Å²) in [4.78, 5) is 17.4. The highest BCUT2D eigenvalue weighted by Crippen LogP contribution is 2.32. The number of aromatic nitrogens is 2. The first-order valence-corrected chi connectivity index (χ1v) is 10.5. The summed E-state index contributed by atoms with van der Waals surface area (Å²) in [5, 5.41) is 3.28. The third kappa shape index (κ3) is 4.42. The average molecular weight is 388 g/mol. The molecule has 0 saturated heterocycles. The zero-order valence-electron chi connectivity index (χ0n) is 17.3. The van der Waals surface area contributed by atoms with Crippen molar-refractivity contribution >= 4 is 5.91 Å². The Morgan fingerprint density at radius 3 is 2.45 bits per heavy atom. The van der Waals surface area contributed by atoms with Crippen LogP contribution >= 0.6 is 0 Å². The number of carbonyl (C=O) groups is 1. The molecule has 0 radical (unpaired) electrons. The van der Waals surface area contributed by atoms with Gasteiger partial charge in [-0.1, -0.05) is 36.4 Å². The molecule has 1 fully saturated rings. The normalized spacial score (nSPS) is 19.1. The molecule has 0 aliphatic heterocycles. The van der Waals surface area contributed by atoms with Crippen LogP contribution in [0.15, 0.2) is 60.8 Å². The molecule has 4 heteroatoms. The number of rotatable bonds is 5. The molecular formula is C25H29N3O. The Hall–Kier alpha value is -2.88. The van der Waals surface area contributed by atoms with Gasteiger partial charge in [0.1, 0.15) is 0 Å². The maximum Gasteiger partial charge on any atom is 0.253 e. The highest BCUT2D eigenvalue weighted by atomic mass is 16.1. The molecule has 150 valence electrons. The number of hydrogen-bond donors (Lipinski definition) is 1. The van der Waals surface area contributed by atoms with Gasteiger partial charge in [0.2, 0.25) is 0 Å². The van der Waals surface area contributed by atoms with Crippen molar-refractivity contribution in [2.75, 3.05) is 0 Å². The molecule has 2 heterocycles. The van der Waals surface area contributed by atoms with E-state index in [1.165, 1.54) is 5.56 Å². The van der Waals surface area contributed by atoms with Crippen LogP contribution in [0.1, 0.15) is 64.6 Å². The first-order valence-electron chi connectivity index (χ1n) is 10.5. The third-order valence-electron chi connectivity index (χ3n) is 6.20. The molecule has 4 rings (SSSR count). The Balaban J connectivity index is 1.39. The van der Waals surface area contributed by atoms with Gasteiger partial charge in [0.15, 0.2) is 0 Å². The van der Waals surface area contributed by atoms with Crippen LogP contribution in [0.25, 0.3) is 0 Å². The number of amides is 1. The fraction of sp³-hybridized carbons (Fsp3) is 0.360. The molecule has 0 bridgehead atoms. The van der Waals surface area contributed by atoms with Crippen LogP contribution in [0, 0.1) is 13.8 Å². The largest absolute Gasteiger partial charge is 0.349 e. The predicted molar refractivity (Wildman–Crippen MR) is 116 cm³/mol. The lowest BCUT2D eigenvalue weighted by molar-refractivity contribution is 0.0925. The van der Waals surface area contributed by atoms with E-state index < -0.39 is 0 Å². The van der Waals surface area contributed by atoms with Gasteiger partial charge in [-0.25, -0.2) is 0 Å². The second-order valence-electron chi connectivity index (χ2n) is 8.12. The molecule has 1 amide bonds. The minimum absolute atomic E-state index is 0.0496. The number of aryl methyl sites for hydroxylation is 1. The zero-order chi connectivity index (χ0) is 20.2. The van der Waals surface area contributed by atoms with Crippen LogP contribution < -0.4 is 5.32 Å². The second-order valence-corrected chi connectivity index (χ2v) is 8.12. The van der Waals surface area contributed by atoms with E-state index in [0.29, 0.717) is 12.5 Å². The van der Waals surface area contributed by atoms with E-state index in [2.05, 4.69) is 52.1 Å². The Morgan fingerprint density at radius 1 is 1.03 bits per heavy atom. The zero-order valence-corrected chi connectivity index (χ0v) is 17.3. The van der Waals surface area contributed by atoms with Gasteiger partial charge >= 0.3 is 0 Å². The van der Waals surface area contributed by atoms with E-state index >= 15 is 0 Å². The highest BCUT2D eigenvalue weighted by molar-refractivity contribution is 5.95. The predicted octanol–water partition coefficient (Wildman–Crippen LogP) is 5.00. The van der Waals surface area contributed by atoms with Gasteiger partial charge in [-0.3, -0.25) is 9.78 Å². The maximum absolute atomic E-state index is 13.0. The molecular weight excluding hydrogens is 358 g/mol. The summed E-state index contributed by atoms with van der Waals surface area (Å²) in [5.74, 6) is 0.668. The molecule has 3 aromatic rings. The molecule has 0 atom stereocenters. The quantitative estimate of drug-likeness (QED) is 0.669. The monoisotopic (exact) mass is 387 g/mol. The Morgan fingerprint density at radius 2 is 1.76 bits per heavy atom. The minimum atomic E-state index is 0.0496. The molecule has 1 aromatic carbocycles. The van der Waals surface area contributed by atoms with Crippen molar-refractivity contribution in [1.82, 2.24) is 14.9 Å². The number of benzene rings is 1. The number of nitrogens with one attached hydrogen (secondary N) is 1. The number of pyridine rings is 1. The SMILES string of the molecule is Cc1cc(C(=O)NC2CCC(c3ccccc3)CC2)c(C)n1Cc1ccccn1. The van der Waals surface area contributed by atoms with Gasteiger partial charge in [0.05, 0.1) is 17.8 Å². The molecule has 1 aliphatic rings. The standard InChI is InChI=1S/C25H29N3O/c1-18-16-24(19(2)28(18)17-23-10-6-7-15-26-23)25(29)27-22-13-11-21(12-14-22)20-8-4-3-5-9-20/h3-10,15-16,21-22H,11-14,17H2,1-2H3,(H,27,29). The Bertz CT molecular complexity index is 954. The van der Waals surface area contributed by atoms with Gasteiger partial charge in [-0.05, 0) is 69.2 Å². The van der Waals surface area contributed by atoms with Crippen LogP contribution in [0.2, 0.25) is 0 Å². The summed E-state index contributed by atoms with van der Waals surface area (Å²) in [6.45, 7) is 4.77. The van der Waals surface area contributed by atoms with E-state index in [1.807, 2.05) is 37.4 Å². The fourth-order valence-corrected chi connectivity index (χ4v) is 4.49. The summed E-state index contributed by atoms with van der Waals surface area (Å²) < 4.78 is 2.17. The van der Waals surface area contributed by atoms with Gasteiger partial charge in [-0.15, -0.1) is 0 Å². The van der Waals surface area contributed by atoms with E-state index in [0.717, 1.165) is 48.3 Å². The second kappa shape index (κ2) is 8.64. The highest BCUT2D eigenvalue weighted by Gasteiger charge is 2.25. The summed E-state index contributed by atoms with van der Waals surface area (Å²) in [6, 6.07) is 18.9. The number of nitrogens with zero attached hydrogens (tertiary/aromatic N) is 2. The van der Waals surface area contributed by atoms with E-state index in [-0.39, 0.29) is 11.9 Å². The van der Waals surface area contributed by atoms with Crippen LogP contribution in [-0.2, 0) is 6.54 Å². The number of carbonyl (C=O) groups excluding carboxylic acids is 1. The first kappa shape index (κ1) is 19.4. The number of hydrogen-bond acceptors (Lipinski definition) is 2. The van der Waals surface area contributed by atoms with Crippen molar-refractivity contribution in [3.05, 3.63) is 89.0 Å². The summed E-state index contributed by atoms with van der Waals surface area (Å²) in [7, 11) is 0. The van der Waals surface area contributed by atoms with Gasteiger partial charge in [0.25, 0.3) is 5.91 Å².